The van der Waals surface area contributed by atoms with Crippen LogP contribution in [-0.4, -0.2) is 61.4 Å². The van der Waals surface area contributed by atoms with E-state index in [9.17, 15) is 8.42 Å². The SMILES string of the molecule is Nc1nc(C2(c3ccccc3)CCN(S(=O)(=O)N3CCOCC3)CC2)cs1. The normalized spacial score (nSPS) is 21.9. The first-order chi connectivity index (χ1) is 13.0. The van der Waals surface area contributed by atoms with Crippen LogP contribution < -0.4 is 5.73 Å². The second-order valence-corrected chi connectivity index (χ2v) is 9.76. The van der Waals surface area contributed by atoms with Gasteiger partial charge in [0.1, 0.15) is 0 Å². The number of aromatic nitrogens is 1. The fraction of sp³-hybridized carbons (Fsp3) is 0.500. The zero-order valence-corrected chi connectivity index (χ0v) is 16.7. The number of benzene rings is 1. The molecule has 3 heterocycles. The quantitative estimate of drug-likeness (QED) is 0.832. The average Bonchev–Trinajstić information content (AvgIpc) is 3.16. The van der Waals surface area contributed by atoms with E-state index < -0.39 is 10.2 Å². The lowest BCUT2D eigenvalue weighted by molar-refractivity contribution is 0.0692. The molecule has 9 heteroatoms. The van der Waals surface area contributed by atoms with E-state index >= 15 is 0 Å². The van der Waals surface area contributed by atoms with E-state index in [1.165, 1.54) is 21.2 Å². The molecule has 7 nitrogen and oxygen atoms in total. The lowest BCUT2D eigenvalue weighted by Gasteiger charge is -2.42. The molecule has 2 saturated heterocycles. The van der Waals surface area contributed by atoms with Crippen molar-refractivity contribution >= 4 is 26.7 Å². The Bertz CT molecular complexity index is 871. The number of nitrogens with zero attached hydrogens (tertiary/aromatic N) is 3. The number of thiazole rings is 1. The van der Waals surface area contributed by atoms with Crippen LogP contribution in [0.2, 0.25) is 0 Å². The van der Waals surface area contributed by atoms with E-state index in [0.717, 1.165) is 5.69 Å². The molecule has 0 atom stereocenters. The summed E-state index contributed by atoms with van der Waals surface area (Å²) in [6, 6.07) is 10.2. The van der Waals surface area contributed by atoms with Crippen molar-refractivity contribution in [2.75, 3.05) is 45.1 Å². The minimum absolute atomic E-state index is 0.299. The number of hydrogen-bond donors (Lipinski definition) is 1. The Kier molecular flexibility index (Phi) is 5.21. The highest BCUT2D eigenvalue weighted by Crippen LogP contribution is 2.43. The van der Waals surface area contributed by atoms with Gasteiger partial charge in [-0.2, -0.15) is 17.0 Å². The average molecular weight is 409 g/mol. The fourth-order valence-electron chi connectivity index (χ4n) is 4.00. The first kappa shape index (κ1) is 18.8. The minimum atomic E-state index is -3.45. The monoisotopic (exact) mass is 408 g/mol. The van der Waals surface area contributed by atoms with Crippen molar-refractivity contribution in [2.24, 2.45) is 0 Å². The van der Waals surface area contributed by atoms with Crippen molar-refractivity contribution in [3.63, 3.8) is 0 Å². The van der Waals surface area contributed by atoms with Crippen molar-refractivity contribution in [3.05, 3.63) is 47.0 Å². The van der Waals surface area contributed by atoms with Gasteiger partial charge in [0.05, 0.1) is 18.9 Å². The Hall–Kier alpha value is -1.52. The van der Waals surface area contributed by atoms with E-state index in [1.54, 1.807) is 4.31 Å². The molecule has 0 unspecified atom stereocenters. The van der Waals surface area contributed by atoms with Crippen LogP contribution in [0, 0.1) is 0 Å². The molecule has 0 amide bonds. The van der Waals surface area contributed by atoms with Crippen molar-refractivity contribution in [3.8, 4) is 0 Å². The summed E-state index contributed by atoms with van der Waals surface area (Å²) in [6.45, 7) is 2.69. The summed E-state index contributed by atoms with van der Waals surface area (Å²) >= 11 is 1.43. The van der Waals surface area contributed by atoms with Crippen LogP contribution in [0.25, 0.3) is 0 Å². The van der Waals surface area contributed by atoms with Crippen molar-refractivity contribution in [2.45, 2.75) is 18.3 Å². The third kappa shape index (κ3) is 3.50. The summed E-state index contributed by atoms with van der Waals surface area (Å²) in [5.74, 6) is 0. The molecule has 2 aliphatic rings. The standard InChI is InChI=1S/C18H24N4O3S2/c19-17-20-16(14-26-17)18(15-4-2-1-3-5-15)6-8-21(9-7-18)27(23,24)22-10-12-25-13-11-22/h1-5,14H,6-13H2,(H2,19,20). The number of nitrogen functional groups attached to an aromatic ring is 1. The number of ether oxygens (including phenoxy) is 1. The Morgan fingerprint density at radius 1 is 1.04 bits per heavy atom. The summed E-state index contributed by atoms with van der Waals surface area (Å²) in [5.41, 5.74) is 7.71. The van der Waals surface area contributed by atoms with Gasteiger partial charge in [0.15, 0.2) is 5.13 Å². The summed E-state index contributed by atoms with van der Waals surface area (Å²) < 4.78 is 34.4. The Morgan fingerprint density at radius 3 is 2.26 bits per heavy atom. The molecule has 2 N–H and O–H groups in total. The van der Waals surface area contributed by atoms with E-state index in [0.29, 0.717) is 57.4 Å². The number of anilines is 1. The predicted molar refractivity (Wildman–Crippen MR) is 106 cm³/mol. The maximum absolute atomic E-state index is 13.0. The van der Waals surface area contributed by atoms with Gasteiger partial charge in [-0.1, -0.05) is 30.3 Å². The Labute approximate surface area is 163 Å². The van der Waals surface area contributed by atoms with Gasteiger partial charge in [-0.3, -0.25) is 0 Å². The van der Waals surface area contributed by atoms with Gasteiger partial charge in [-0.25, -0.2) is 4.98 Å². The van der Waals surface area contributed by atoms with Gasteiger partial charge in [0.25, 0.3) is 10.2 Å². The van der Waals surface area contributed by atoms with Crippen LogP contribution in [0.15, 0.2) is 35.7 Å². The molecule has 146 valence electrons. The zero-order chi connectivity index (χ0) is 18.9. The smallest absolute Gasteiger partial charge is 0.282 e. The largest absolute Gasteiger partial charge is 0.379 e. The van der Waals surface area contributed by atoms with E-state index in [1.807, 2.05) is 23.6 Å². The summed E-state index contributed by atoms with van der Waals surface area (Å²) in [5, 5.41) is 2.55. The third-order valence-electron chi connectivity index (χ3n) is 5.54. The molecular formula is C18H24N4O3S2. The Morgan fingerprint density at radius 2 is 1.67 bits per heavy atom. The zero-order valence-electron chi connectivity index (χ0n) is 15.1. The molecule has 2 aliphatic heterocycles. The second-order valence-electron chi connectivity index (χ2n) is 6.94. The molecule has 0 saturated carbocycles. The fourth-order valence-corrected chi connectivity index (χ4v) is 6.24. The molecule has 0 spiro atoms. The predicted octanol–water partition coefficient (Wildman–Crippen LogP) is 1.68. The molecule has 2 fully saturated rings. The van der Waals surface area contributed by atoms with Gasteiger partial charge in [0, 0.05) is 37.0 Å². The number of hydrogen-bond acceptors (Lipinski definition) is 6. The van der Waals surface area contributed by atoms with Gasteiger partial charge in [0.2, 0.25) is 0 Å². The van der Waals surface area contributed by atoms with Crippen LogP contribution in [0.4, 0.5) is 5.13 Å². The molecular weight excluding hydrogens is 384 g/mol. The lowest BCUT2D eigenvalue weighted by atomic mass is 9.71. The number of nitrogens with two attached hydrogens (primary N) is 1. The van der Waals surface area contributed by atoms with Gasteiger partial charge in [-0.15, -0.1) is 11.3 Å². The molecule has 0 bridgehead atoms. The van der Waals surface area contributed by atoms with Gasteiger partial charge in [-0.05, 0) is 18.4 Å². The van der Waals surface area contributed by atoms with Crippen molar-refractivity contribution < 1.29 is 13.2 Å². The maximum atomic E-state index is 13.0. The summed E-state index contributed by atoms with van der Waals surface area (Å²) in [6.07, 6.45) is 1.37. The molecule has 4 rings (SSSR count). The first-order valence-electron chi connectivity index (χ1n) is 9.12. The highest BCUT2D eigenvalue weighted by molar-refractivity contribution is 7.86. The topological polar surface area (TPSA) is 88.8 Å². The minimum Gasteiger partial charge on any atom is -0.379 e. The third-order valence-corrected chi connectivity index (χ3v) is 8.25. The van der Waals surface area contributed by atoms with Crippen LogP contribution in [0.5, 0.6) is 0 Å². The van der Waals surface area contributed by atoms with E-state index in [2.05, 4.69) is 17.1 Å². The molecule has 1 aromatic heterocycles. The maximum Gasteiger partial charge on any atom is 0.282 e. The van der Waals surface area contributed by atoms with Gasteiger partial charge >= 0.3 is 0 Å². The number of piperidine rings is 1. The highest BCUT2D eigenvalue weighted by atomic mass is 32.2. The van der Waals surface area contributed by atoms with Crippen molar-refractivity contribution in [1.82, 2.24) is 13.6 Å². The van der Waals surface area contributed by atoms with E-state index in [4.69, 9.17) is 10.5 Å². The van der Waals surface area contributed by atoms with Crippen LogP contribution in [-0.2, 0) is 20.4 Å². The highest BCUT2D eigenvalue weighted by Gasteiger charge is 2.43. The number of morpholine rings is 1. The molecule has 1 aromatic carbocycles. The molecule has 2 aromatic rings. The van der Waals surface area contributed by atoms with E-state index in [-0.39, 0.29) is 5.41 Å². The van der Waals surface area contributed by atoms with Crippen molar-refractivity contribution in [1.29, 1.82) is 0 Å². The Balaban J connectivity index is 1.60. The molecule has 0 radical (unpaired) electrons. The number of rotatable bonds is 4. The lowest BCUT2D eigenvalue weighted by Crippen LogP contribution is -2.53. The van der Waals surface area contributed by atoms with Gasteiger partial charge < -0.3 is 10.5 Å². The van der Waals surface area contributed by atoms with Crippen LogP contribution in [0.1, 0.15) is 24.1 Å². The van der Waals surface area contributed by atoms with Crippen LogP contribution in [0.3, 0.4) is 0 Å². The summed E-state index contributed by atoms with van der Waals surface area (Å²) in [4.78, 5) is 4.56. The summed E-state index contributed by atoms with van der Waals surface area (Å²) in [7, 11) is -3.45. The second kappa shape index (κ2) is 7.48. The first-order valence-corrected chi connectivity index (χ1v) is 11.4. The van der Waals surface area contributed by atoms with Crippen LogP contribution >= 0.6 is 11.3 Å². The molecule has 0 aliphatic carbocycles. The molecule has 27 heavy (non-hydrogen) atoms.